The highest BCUT2D eigenvalue weighted by atomic mass is 16.5. The molecule has 0 amide bonds. The molecule has 0 saturated heterocycles. The minimum absolute atomic E-state index is 0.125. The van der Waals surface area contributed by atoms with Gasteiger partial charge in [0.25, 0.3) is 0 Å². The summed E-state index contributed by atoms with van der Waals surface area (Å²) in [7, 11) is 1.50. The van der Waals surface area contributed by atoms with Crippen LogP contribution >= 0.6 is 0 Å². The summed E-state index contributed by atoms with van der Waals surface area (Å²) >= 11 is 0. The average molecular weight is 295 g/mol. The maximum atomic E-state index is 12.5. The lowest BCUT2D eigenvalue weighted by atomic mass is 9.87. The molecule has 3 aliphatic rings. The first-order chi connectivity index (χ1) is 10.2. The molecule has 3 unspecified atom stereocenters. The fourth-order valence-electron chi connectivity index (χ4n) is 3.68. The van der Waals surface area contributed by atoms with Crippen LogP contribution in [0, 0.1) is 11.8 Å². The highest BCUT2D eigenvalue weighted by Gasteiger charge is 2.54. The van der Waals surface area contributed by atoms with Crippen molar-refractivity contribution in [2.45, 2.75) is 76.0 Å². The first kappa shape index (κ1) is 15.3. The zero-order valence-corrected chi connectivity index (χ0v) is 13.4. The van der Waals surface area contributed by atoms with Crippen molar-refractivity contribution in [1.29, 1.82) is 0 Å². The van der Waals surface area contributed by atoms with Crippen LogP contribution in [-0.4, -0.2) is 37.4 Å². The fraction of sp³-hybridized carbons (Fsp3) is 0.941. The Hall–Kier alpha value is -0.610. The topological polar surface area (TPSA) is 47.6 Å². The lowest BCUT2D eigenvalue weighted by Crippen LogP contribution is -2.59. The summed E-state index contributed by atoms with van der Waals surface area (Å²) in [6.45, 7) is 2.75. The Morgan fingerprint density at radius 2 is 1.86 bits per heavy atom. The molecule has 120 valence electrons. The number of hydrogen-bond acceptors (Lipinski definition) is 4. The van der Waals surface area contributed by atoms with E-state index in [4.69, 9.17) is 9.47 Å². The summed E-state index contributed by atoms with van der Waals surface area (Å²) in [6.07, 6.45) is 9.81. The van der Waals surface area contributed by atoms with Crippen LogP contribution in [-0.2, 0) is 14.3 Å². The molecule has 0 bridgehead atoms. The van der Waals surface area contributed by atoms with Crippen molar-refractivity contribution in [3.05, 3.63) is 0 Å². The van der Waals surface area contributed by atoms with Crippen LogP contribution < -0.4 is 5.32 Å². The molecule has 0 aromatic carbocycles. The van der Waals surface area contributed by atoms with Gasteiger partial charge in [-0.2, -0.15) is 0 Å². The molecule has 3 saturated carbocycles. The number of hydrogen-bond donors (Lipinski definition) is 1. The molecule has 21 heavy (non-hydrogen) atoms. The zero-order valence-electron chi connectivity index (χ0n) is 13.4. The Kier molecular flexibility index (Phi) is 4.55. The largest absolute Gasteiger partial charge is 0.468 e. The van der Waals surface area contributed by atoms with Gasteiger partial charge in [0, 0.05) is 6.04 Å². The van der Waals surface area contributed by atoms with E-state index < -0.39 is 5.54 Å². The van der Waals surface area contributed by atoms with Gasteiger partial charge in [0.15, 0.2) is 0 Å². The SMILES string of the molecule is COC(=O)C(COC1CCCCC1C)(NC1CC1)C1CC1. The number of esters is 1. The van der Waals surface area contributed by atoms with Crippen LogP contribution in [0.4, 0.5) is 0 Å². The van der Waals surface area contributed by atoms with Gasteiger partial charge < -0.3 is 9.47 Å². The molecule has 0 spiro atoms. The van der Waals surface area contributed by atoms with E-state index in [-0.39, 0.29) is 5.97 Å². The second-order valence-corrected chi connectivity index (χ2v) is 7.27. The summed E-state index contributed by atoms with van der Waals surface area (Å²) < 4.78 is 11.4. The molecule has 1 N–H and O–H groups in total. The summed E-state index contributed by atoms with van der Waals surface area (Å²) in [5, 5.41) is 3.57. The molecule has 0 aliphatic heterocycles. The van der Waals surface area contributed by atoms with E-state index in [2.05, 4.69) is 12.2 Å². The summed E-state index contributed by atoms with van der Waals surface area (Å²) in [4.78, 5) is 12.5. The summed E-state index contributed by atoms with van der Waals surface area (Å²) in [5.41, 5.74) is -0.590. The first-order valence-electron chi connectivity index (χ1n) is 8.63. The Morgan fingerprint density at radius 3 is 2.43 bits per heavy atom. The van der Waals surface area contributed by atoms with Gasteiger partial charge in [-0.3, -0.25) is 5.32 Å². The summed E-state index contributed by atoms with van der Waals surface area (Å²) in [6, 6.07) is 0.483. The molecule has 0 aromatic heterocycles. The molecule has 3 rings (SSSR count). The molecule has 4 nitrogen and oxygen atoms in total. The van der Waals surface area contributed by atoms with Crippen LogP contribution in [0.2, 0.25) is 0 Å². The smallest absolute Gasteiger partial charge is 0.328 e. The molecule has 3 fully saturated rings. The monoisotopic (exact) mass is 295 g/mol. The predicted octanol–water partition coefficient (Wildman–Crippen LogP) is 2.66. The second kappa shape index (κ2) is 6.25. The van der Waals surface area contributed by atoms with Crippen molar-refractivity contribution < 1.29 is 14.3 Å². The molecular formula is C17H29NO3. The van der Waals surface area contributed by atoms with Gasteiger partial charge in [0.1, 0.15) is 5.54 Å². The standard InChI is InChI=1S/C17H29NO3/c1-12-5-3-4-6-15(12)21-11-17(13-7-8-13,16(19)20-2)18-14-9-10-14/h12-15,18H,3-11H2,1-2H3. The number of methoxy groups -OCH3 is 1. The average Bonchev–Trinajstić information content (AvgIpc) is 3.37. The number of ether oxygens (including phenoxy) is 2. The number of nitrogens with one attached hydrogen (secondary N) is 1. The number of carbonyl (C=O) groups excluding carboxylic acids is 1. The molecule has 3 aliphatic carbocycles. The highest BCUT2D eigenvalue weighted by Crippen LogP contribution is 2.43. The quantitative estimate of drug-likeness (QED) is 0.734. The normalized spacial score (nSPS) is 32.5. The van der Waals surface area contributed by atoms with E-state index in [0.29, 0.717) is 30.6 Å². The van der Waals surface area contributed by atoms with Crippen molar-refractivity contribution in [1.82, 2.24) is 5.32 Å². The van der Waals surface area contributed by atoms with Gasteiger partial charge in [-0.15, -0.1) is 0 Å². The van der Waals surface area contributed by atoms with Gasteiger partial charge in [-0.1, -0.05) is 19.8 Å². The first-order valence-corrected chi connectivity index (χ1v) is 8.63. The van der Waals surface area contributed by atoms with Crippen LogP contribution in [0.15, 0.2) is 0 Å². The number of rotatable bonds is 7. The molecule has 3 atom stereocenters. The maximum Gasteiger partial charge on any atom is 0.328 e. The van der Waals surface area contributed by atoms with E-state index in [1.807, 2.05) is 0 Å². The fourth-order valence-corrected chi connectivity index (χ4v) is 3.68. The van der Waals surface area contributed by atoms with E-state index in [1.165, 1.54) is 39.2 Å². The van der Waals surface area contributed by atoms with Gasteiger partial charge in [-0.25, -0.2) is 4.79 Å². The van der Waals surface area contributed by atoms with Gasteiger partial charge in [0.2, 0.25) is 0 Å². The van der Waals surface area contributed by atoms with Crippen LogP contribution in [0.25, 0.3) is 0 Å². The van der Waals surface area contributed by atoms with E-state index in [1.54, 1.807) is 0 Å². The predicted molar refractivity (Wildman–Crippen MR) is 81.0 cm³/mol. The molecular weight excluding hydrogens is 266 g/mol. The van der Waals surface area contributed by atoms with Gasteiger partial charge in [-0.05, 0) is 50.4 Å². The van der Waals surface area contributed by atoms with Crippen molar-refractivity contribution in [3.63, 3.8) is 0 Å². The van der Waals surface area contributed by atoms with Gasteiger partial charge >= 0.3 is 5.97 Å². The zero-order chi connectivity index (χ0) is 14.9. The van der Waals surface area contributed by atoms with Crippen molar-refractivity contribution in [3.8, 4) is 0 Å². The van der Waals surface area contributed by atoms with Gasteiger partial charge in [0.05, 0.1) is 19.8 Å². The minimum Gasteiger partial charge on any atom is -0.468 e. The molecule has 0 aromatic rings. The lowest BCUT2D eigenvalue weighted by Gasteiger charge is -2.36. The Labute approximate surface area is 127 Å². The van der Waals surface area contributed by atoms with Crippen molar-refractivity contribution in [2.75, 3.05) is 13.7 Å². The lowest BCUT2D eigenvalue weighted by molar-refractivity contribution is -0.155. The third-order valence-corrected chi connectivity index (χ3v) is 5.42. The summed E-state index contributed by atoms with van der Waals surface area (Å²) in [5.74, 6) is 0.874. The Bertz CT molecular complexity index is 378. The third kappa shape index (κ3) is 3.42. The van der Waals surface area contributed by atoms with Crippen LogP contribution in [0.5, 0.6) is 0 Å². The minimum atomic E-state index is -0.590. The van der Waals surface area contributed by atoms with Crippen LogP contribution in [0.1, 0.15) is 58.3 Å². The van der Waals surface area contributed by atoms with E-state index in [0.717, 1.165) is 19.3 Å². The van der Waals surface area contributed by atoms with E-state index >= 15 is 0 Å². The Balaban J connectivity index is 1.67. The van der Waals surface area contributed by atoms with Crippen molar-refractivity contribution in [2.24, 2.45) is 11.8 Å². The van der Waals surface area contributed by atoms with Crippen molar-refractivity contribution >= 4 is 5.97 Å². The third-order valence-electron chi connectivity index (χ3n) is 5.42. The molecule has 0 radical (unpaired) electrons. The highest BCUT2D eigenvalue weighted by molar-refractivity contribution is 5.82. The second-order valence-electron chi connectivity index (χ2n) is 7.27. The number of carbonyl (C=O) groups is 1. The molecule has 0 heterocycles. The van der Waals surface area contributed by atoms with Crippen LogP contribution in [0.3, 0.4) is 0 Å². The Morgan fingerprint density at radius 1 is 1.14 bits per heavy atom. The van der Waals surface area contributed by atoms with E-state index in [9.17, 15) is 4.79 Å². The molecule has 4 heteroatoms. The maximum absolute atomic E-state index is 12.5.